The van der Waals surface area contributed by atoms with Gasteiger partial charge in [0, 0.05) is 12.1 Å². The van der Waals surface area contributed by atoms with Crippen molar-refractivity contribution in [2.75, 3.05) is 0 Å². The van der Waals surface area contributed by atoms with E-state index in [2.05, 4.69) is 0 Å². The number of sulfone groups is 1. The van der Waals surface area contributed by atoms with E-state index in [1.807, 2.05) is 6.08 Å². The van der Waals surface area contributed by atoms with E-state index in [0.29, 0.717) is 6.42 Å². The van der Waals surface area contributed by atoms with E-state index in [1.165, 1.54) is 24.3 Å². The molecule has 6 heteroatoms. The van der Waals surface area contributed by atoms with Crippen LogP contribution in [0.1, 0.15) is 13.3 Å². The number of nitrogens with zero attached hydrogens (tertiary/aromatic N) is 1. The standard InChI is InChI=1S/C13H13NO4S/c1-10-4-2-3-5-13(10)19(17,18)12-8-6-11(7-9-12)14(15)16/h2-4,6-9,13H,5H2,1H3. The van der Waals surface area contributed by atoms with E-state index in [-0.39, 0.29) is 10.6 Å². The quantitative estimate of drug-likeness (QED) is 0.629. The fraction of sp³-hybridized carbons (Fsp3) is 0.231. The Morgan fingerprint density at radius 1 is 1.26 bits per heavy atom. The molecule has 0 amide bonds. The maximum atomic E-state index is 12.4. The normalized spacial score (nSPS) is 19.0. The summed E-state index contributed by atoms with van der Waals surface area (Å²) in [4.78, 5) is 10.1. The van der Waals surface area contributed by atoms with Crippen LogP contribution in [0, 0.1) is 10.1 Å². The zero-order valence-electron chi connectivity index (χ0n) is 10.3. The Kier molecular flexibility index (Phi) is 3.53. The van der Waals surface area contributed by atoms with E-state index >= 15 is 0 Å². The lowest BCUT2D eigenvalue weighted by molar-refractivity contribution is -0.384. The lowest BCUT2D eigenvalue weighted by Gasteiger charge is -2.19. The summed E-state index contributed by atoms with van der Waals surface area (Å²) in [6.45, 7) is 1.77. The van der Waals surface area contributed by atoms with Crippen LogP contribution in [0.15, 0.2) is 53.0 Å². The lowest BCUT2D eigenvalue weighted by atomic mass is 10.1. The molecule has 0 saturated carbocycles. The molecule has 0 fully saturated rings. The minimum absolute atomic E-state index is 0.116. The second-order valence-corrected chi connectivity index (χ2v) is 6.49. The molecule has 1 aliphatic rings. The molecule has 5 nitrogen and oxygen atoms in total. The molecular formula is C13H13NO4S. The Morgan fingerprint density at radius 3 is 2.42 bits per heavy atom. The van der Waals surface area contributed by atoms with Crippen LogP contribution < -0.4 is 0 Å². The molecule has 19 heavy (non-hydrogen) atoms. The second-order valence-electron chi connectivity index (χ2n) is 4.36. The molecule has 0 aliphatic heterocycles. The van der Waals surface area contributed by atoms with Crippen LogP contribution in [0.2, 0.25) is 0 Å². The van der Waals surface area contributed by atoms with Crippen molar-refractivity contribution in [3.05, 3.63) is 58.2 Å². The summed E-state index contributed by atoms with van der Waals surface area (Å²) in [5.74, 6) is 0. The van der Waals surface area contributed by atoms with Gasteiger partial charge in [0.05, 0.1) is 15.1 Å². The molecule has 0 N–H and O–H groups in total. The van der Waals surface area contributed by atoms with Gasteiger partial charge in [-0.3, -0.25) is 10.1 Å². The molecule has 1 aromatic carbocycles. The molecule has 0 heterocycles. The van der Waals surface area contributed by atoms with E-state index in [4.69, 9.17) is 0 Å². The van der Waals surface area contributed by atoms with Crippen molar-refractivity contribution in [1.82, 2.24) is 0 Å². The van der Waals surface area contributed by atoms with Gasteiger partial charge in [-0.15, -0.1) is 0 Å². The third kappa shape index (κ3) is 2.58. The van der Waals surface area contributed by atoms with E-state index in [1.54, 1.807) is 19.1 Å². The van der Waals surface area contributed by atoms with Crippen molar-refractivity contribution in [1.29, 1.82) is 0 Å². The smallest absolute Gasteiger partial charge is 0.258 e. The molecule has 0 saturated heterocycles. The minimum Gasteiger partial charge on any atom is -0.258 e. The predicted octanol–water partition coefficient (Wildman–Crippen LogP) is 2.64. The highest BCUT2D eigenvalue weighted by molar-refractivity contribution is 7.92. The van der Waals surface area contributed by atoms with E-state index in [9.17, 15) is 18.5 Å². The Hall–Kier alpha value is -1.95. The van der Waals surface area contributed by atoms with Gasteiger partial charge in [0.1, 0.15) is 0 Å². The predicted molar refractivity (Wildman–Crippen MR) is 71.6 cm³/mol. The molecule has 100 valence electrons. The monoisotopic (exact) mass is 279 g/mol. The highest BCUT2D eigenvalue weighted by atomic mass is 32.2. The number of benzene rings is 1. The highest BCUT2D eigenvalue weighted by Gasteiger charge is 2.29. The highest BCUT2D eigenvalue weighted by Crippen LogP contribution is 2.27. The van der Waals surface area contributed by atoms with Gasteiger partial charge >= 0.3 is 0 Å². The molecule has 0 spiro atoms. The van der Waals surface area contributed by atoms with Gasteiger partial charge in [-0.25, -0.2) is 8.42 Å². The van der Waals surface area contributed by atoms with Crippen molar-refractivity contribution in [2.45, 2.75) is 23.5 Å². The fourth-order valence-electron chi connectivity index (χ4n) is 2.01. The van der Waals surface area contributed by atoms with Crippen molar-refractivity contribution >= 4 is 15.5 Å². The van der Waals surface area contributed by atoms with Crippen LogP contribution in [-0.4, -0.2) is 18.6 Å². The van der Waals surface area contributed by atoms with Gasteiger partial charge in [-0.1, -0.05) is 23.8 Å². The molecule has 0 radical (unpaired) electrons. The summed E-state index contributed by atoms with van der Waals surface area (Å²) in [5.41, 5.74) is 0.663. The third-order valence-corrected chi connectivity index (χ3v) is 5.35. The van der Waals surface area contributed by atoms with Crippen molar-refractivity contribution in [3.63, 3.8) is 0 Å². The number of rotatable bonds is 3. The van der Waals surface area contributed by atoms with Gasteiger partial charge in [-0.2, -0.15) is 0 Å². The second kappa shape index (κ2) is 4.97. The molecule has 1 unspecified atom stereocenters. The number of nitro groups is 1. The SMILES string of the molecule is CC1=CC=CCC1S(=O)(=O)c1ccc([N+](=O)[O-])cc1. The van der Waals surface area contributed by atoms with Crippen LogP contribution in [0.5, 0.6) is 0 Å². The zero-order chi connectivity index (χ0) is 14.0. The summed E-state index contributed by atoms with van der Waals surface area (Å²) in [5, 5.41) is 9.97. The summed E-state index contributed by atoms with van der Waals surface area (Å²) < 4.78 is 24.9. The van der Waals surface area contributed by atoms with Crippen LogP contribution in [-0.2, 0) is 9.84 Å². The van der Waals surface area contributed by atoms with Gasteiger partial charge in [0.25, 0.3) is 5.69 Å². The molecule has 0 aromatic heterocycles. The molecular weight excluding hydrogens is 266 g/mol. The van der Waals surface area contributed by atoms with Crippen LogP contribution in [0.4, 0.5) is 5.69 Å². The van der Waals surface area contributed by atoms with Crippen molar-refractivity contribution < 1.29 is 13.3 Å². The summed E-state index contributed by atoms with van der Waals surface area (Å²) in [6, 6.07) is 5.01. The number of nitro benzene ring substituents is 1. The first-order valence-electron chi connectivity index (χ1n) is 5.74. The Morgan fingerprint density at radius 2 is 1.89 bits per heavy atom. The number of hydrogen-bond donors (Lipinski definition) is 0. The van der Waals surface area contributed by atoms with Gasteiger partial charge < -0.3 is 0 Å². The first-order chi connectivity index (χ1) is 8.93. The van der Waals surface area contributed by atoms with E-state index in [0.717, 1.165) is 5.57 Å². The van der Waals surface area contributed by atoms with Crippen LogP contribution in [0.3, 0.4) is 0 Å². The number of non-ortho nitro benzene ring substituents is 1. The summed E-state index contributed by atoms with van der Waals surface area (Å²) >= 11 is 0. The molecule has 0 bridgehead atoms. The van der Waals surface area contributed by atoms with Crippen molar-refractivity contribution in [2.24, 2.45) is 0 Å². The maximum absolute atomic E-state index is 12.4. The fourth-order valence-corrected chi connectivity index (χ4v) is 3.78. The Balaban J connectivity index is 2.37. The van der Waals surface area contributed by atoms with Crippen LogP contribution >= 0.6 is 0 Å². The van der Waals surface area contributed by atoms with E-state index < -0.39 is 20.0 Å². The zero-order valence-corrected chi connectivity index (χ0v) is 11.1. The average Bonchev–Trinajstić information content (AvgIpc) is 2.39. The maximum Gasteiger partial charge on any atom is 0.269 e. The lowest BCUT2D eigenvalue weighted by Crippen LogP contribution is -2.23. The van der Waals surface area contributed by atoms with Crippen molar-refractivity contribution in [3.8, 4) is 0 Å². The Bertz CT molecular complexity index is 656. The summed E-state index contributed by atoms with van der Waals surface area (Å²) in [6.07, 6.45) is 5.84. The minimum atomic E-state index is -3.50. The molecule has 1 atom stereocenters. The van der Waals surface area contributed by atoms with Gasteiger partial charge in [-0.05, 0) is 25.5 Å². The first-order valence-corrected chi connectivity index (χ1v) is 7.29. The number of hydrogen-bond acceptors (Lipinski definition) is 4. The molecule has 2 rings (SSSR count). The first kappa shape index (κ1) is 13.5. The average molecular weight is 279 g/mol. The largest absolute Gasteiger partial charge is 0.269 e. The summed E-state index contributed by atoms with van der Waals surface area (Å²) in [7, 11) is -3.50. The molecule has 1 aliphatic carbocycles. The number of allylic oxidation sites excluding steroid dienone is 3. The Labute approximate surface area is 111 Å². The molecule has 1 aromatic rings. The van der Waals surface area contributed by atoms with Gasteiger partial charge in [0.2, 0.25) is 0 Å². The van der Waals surface area contributed by atoms with Gasteiger partial charge in [0.15, 0.2) is 9.84 Å². The van der Waals surface area contributed by atoms with Crippen LogP contribution in [0.25, 0.3) is 0 Å². The third-order valence-electron chi connectivity index (χ3n) is 3.10. The topological polar surface area (TPSA) is 77.3 Å².